The molecule has 29 heavy (non-hydrogen) atoms. The third-order valence-electron chi connectivity index (χ3n) is 7.70. The van der Waals surface area contributed by atoms with Crippen LogP contribution in [0.5, 0.6) is 0 Å². The van der Waals surface area contributed by atoms with Crippen molar-refractivity contribution in [2.75, 3.05) is 46.1 Å². The second-order valence-corrected chi connectivity index (χ2v) is 9.52. The van der Waals surface area contributed by atoms with Crippen molar-refractivity contribution in [2.24, 2.45) is 11.8 Å². The zero-order valence-corrected chi connectivity index (χ0v) is 17.4. The van der Waals surface area contributed by atoms with E-state index in [1.54, 1.807) is 0 Å². The van der Waals surface area contributed by atoms with Crippen LogP contribution in [0.15, 0.2) is 0 Å². The maximum absolute atomic E-state index is 13.1. The summed E-state index contributed by atoms with van der Waals surface area (Å²) in [5.41, 5.74) is -0.179. The topological polar surface area (TPSA) is 68.3 Å². The normalized spacial score (nSPS) is 31.2. The van der Waals surface area contributed by atoms with Gasteiger partial charge in [0.25, 0.3) is 5.91 Å². The van der Waals surface area contributed by atoms with Gasteiger partial charge >= 0.3 is 0 Å². The number of amides is 2. The summed E-state index contributed by atoms with van der Waals surface area (Å²) < 4.78 is 17.2. The number of piperidine rings is 1. The SMILES string of the molecule is O=C(C1CCOCC1)N1CCC(N2C(=O)C(OCC3CC3)C23CCOCC3)CC1. The Morgan fingerprint density at radius 1 is 0.966 bits per heavy atom. The van der Waals surface area contributed by atoms with Gasteiger partial charge in [0.15, 0.2) is 6.10 Å². The van der Waals surface area contributed by atoms with Crippen LogP contribution in [0.2, 0.25) is 0 Å². The van der Waals surface area contributed by atoms with Gasteiger partial charge in [-0.2, -0.15) is 0 Å². The number of β-lactam (4-membered cyclic amide) rings is 1. The molecule has 1 spiro atoms. The van der Waals surface area contributed by atoms with E-state index in [-0.39, 0.29) is 35.4 Å². The van der Waals surface area contributed by atoms with Crippen molar-refractivity contribution in [2.45, 2.75) is 69.1 Å². The third kappa shape index (κ3) is 3.70. The number of carbonyl (C=O) groups is 2. The molecule has 4 aliphatic heterocycles. The number of nitrogens with zero attached hydrogens (tertiary/aromatic N) is 2. The molecule has 5 aliphatic rings. The van der Waals surface area contributed by atoms with Crippen molar-refractivity contribution >= 4 is 11.8 Å². The molecule has 0 aromatic carbocycles. The molecule has 4 heterocycles. The Balaban J connectivity index is 1.21. The van der Waals surface area contributed by atoms with E-state index in [2.05, 4.69) is 4.90 Å². The van der Waals surface area contributed by atoms with Crippen molar-refractivity contribution in [3.05, 3.63) is 0 Å². The smallest absolute Gasteiger partial charge is 0.254 e. The van der Waals surface area contributed by atoms with Gasteiger partial charge in [0, 0.05) is 51.5 Å². The van der Waals surface area contributed by atoms with E-state index in [0.717, 1.165) is 58.2 Å². The highest BCUT2D eigenvalue weighted by Crippen LogP contribution is 2.46. The van der Waals surface area contributed by atoms with Crippen LogP contribution in [0.1, 0.15) is 51.4 Å². The highest BCUT2D eigenvalue weighted by atomic mass is 16.5. The number of hydrogen-bond acceptors (Lipinski definition) is 5. The maximum Gasteiger partial charge on any atom is 0.254 e. The molecule has 0 bridgehead atoms. The molecule has 7 nitrogen and oxygen atoms in total. The van der Waals surface area contributed by atoms with Crippen LogP contribution >= 0.6 is 0 Å². The first kappa shape index (κ1) is 19.8. The van der Waals surface area contributed by atoms with Gasteiger partial charge in [-0.05, 0) is 57.3 Å². The molecule has 0 aromatic rings. The molecule has 162 valence electrons. The van der Waals surface area contributed by atoms with E-state index in [9.17, 15) is 9.59 Å². The molecule has 2 amide bonds. The van der Waals surface area contributed by atoms with Crippen LogP contribution in [0.25, 0.3) is 0 Å². The lowest BCUT2D eigenvalue weighted by atomic mass is 9.72. The largest absolute Gasteiger partial charge is 0.381 e. The first-order valence-electron chi connectivity index (χ1n) is 11.6. The summed E-state index contributed by atoms with van der Waals surface area (Å²) in [5, 5.41) is 0. The molecule has 1 unspecified atom stereocenters. The second kappa shape index (κ2) is 8.16. The Bertz CT molecular complexity index is 617. The highest BCUT2D eigenvalue weighted by Gasteiger charge is 2.63. The summed E-state index contributed by atoms with van der Waals surface area (Å²) in [7, 11) is 0. The Kier molecular flexibility index (Phi) is 5.56. The minimum Gasteiger partial charge on any atom is -0.381 e. The van der Waals surface area contributed by atoms with Crippen molar-refractivity contribution in [3.63, 3.8) is 0 Å². The van der Waals surface area contributed by atoms with Gasteiger partial charge in [0.1, 0.15) is 0 Å². The Morgan fingerprint density at radius 3 is 2.28 bits per heavy atom. The molecule has 4 saturated heterocycles. The molecule has 1 saturated carbocycles. The molecule has 7 heteroatoms. The standard InChI is InChI=1S/C22H34N2O5/c25-20(17-5-11-27-12-6-17)23-9-3-18(4-10-23)24-21(26)19(29-15-16-1-2-16)22(24)7-13-28-14-8-22/h16-19H,1-15H2. The lowest BCUT2D eigenvalue weighted by molar-refractivity contribution is -0.219. The van der Waals surface area contributed by atoms with Gasteiger partial charge in [0.2, 0.25) is 5.91 Å². The first-order valence-corrected chi connectivity index (χ1v) is 11.6. The van der Waals surface area contributed by atoms with Gasteiger partial charge in [-0.25, -0.2) is 0 Å². The number of hydrogen-bond donors (Lipinski definition) is 0. The molecule has 5 fully saturated rings. The maximum atomic E-state index is 13.1. The quantitative estimate of drug-likeness (QED) is 0.649. The Labute approximate surface area is 173 Å². The van der Waals surface area contributed by atoms with Gasteiger partial charge < -0.3 is 24.0 Å². The van der Waals surface area contributed by atoms with E-state index >= 15 is 0 Å². The number of ether oxygens (including phenoxy) is 3. The third-order valence-corrected chi connectivity index (χ3v) is 7.70. The van der Waals surface area contributed by atoms with Crippen molar-refractivity contribution in [3.8, 4) is 0 Å². The molecule has 0 aromatic heterocycles. The van der Waals surface area contributed by atoms with E-state index in [1.165, 1.54) is 12.8 Å². The number of carbonyl (C=O) groups excluding carboxylic acids is 2. The van der Waals surface area contributed by atoms with Gasteiger partial charge in [-0.3, -0.25) is 9.59 Å². The predicted octanol–water partition coefficient (Wildman–Crippen LogP) is 1.59. The lowest BCUT2D eigenvalue weighted by Crippen LogP contribution is -2.79. The van der Waals surface area contributed by atoms with Crippen LogP contribution in [-0.2, 0) is 23.8 Å². The minimum atomic E-state index is -0.283. The minimum absolute atomic E-state index is 0.119. The van der Waals surface area contributed by atoms with Gasteiger partial charge in [-0.1, -0.05) is 0 Å². The average Bonchev–Trinajstić information content (AvgIpc) is 3.60. The monoisotopic (exact) mass is 406 g/mol. The lowest BCUT2D eigenvalue weighted by Gasteiger charge is -2.62. The molecule has 1 aliphatic carbocycles. The van der Waals surface area contributed by atoms with Crippen LogP contribution < -0.4 is 0 Å². The average molecular weight is 407 g/mol. The van der Waals surface area contributed by atoms with Crippen molar-refractivity contribution in [1.29, 1.82) is 0 Å². The highest BCUT2D eigenvalue weighted by molar-refractivity contribution is 5.91. The second-order valence-electron chi connectivity index (χ2n) is 9.52. The molecular weight excluding hydrogens is 372 g/mol. The summed E-state index contributed by atoms with van der Waals surface area (Å²) in [4.78, 5) is 30.1. The van der Waals surface area contributed by atoms with E-state index in [0.29, 0.717) is 32.3 Å². The van der Waals surface area contributed by atoms with Crippen molar-refractivity contribution < 1.29 is 23.8 Å². The van der Waals surface area contributed by atoms with Gasteiger partial charge in [-0.15, -0.1) is 0 Å². The molecular formula is C22H34N2O5. The molecule has 0 radical (unpaired) electrons. The summed E-state index contributed by atoms with van der Waals surface area (Å²) in [6, 6.07) is 0.222. The summed E-state index contributed by atoms with van der Waals surface area (Å²) >= 11 is 0. The Hall–Kier alpha value is -1.18. The fourth-order valence-electron chi connectivity index (χ4n) is 5.70. The molecule has 1 atom stereocenters. The van der Waals surface area contributed by atoms with Crippen LogP contribution in [0, 0.1) is 11.8 Å². The zero-order valence-electron chi connectivity index (χ0n) is 17.4. The summed E-state index contributed by atoms with van der Waals surface area (Å²) in [5.74, 6) is 1.23. The fraction of sp³-hybridized carbons (Fsp3) is 0.909. The number of likely N-dealkylation sites (tertiary alicyclic amines) is 2. The van der Waals surface area contributed by atoms with Crippen LogP contribution in [0.4, 0.5) is 0 Å². The zero-order chi connectivity index (χ0) is 19.8. The fourth-order valence-corrected chi connectivity index (χ4v) is 5.70. The predicted molar refractivity (Wildman–Crippen MR) is 105 cm³/mol. The molecule has 0 N–H and O–H groups in total. The van der Waals surface area contributed by atoms with E-state index in [1.807, 2.05) is 4.90 Å². The van der Waals surface area contributed by atoms with E-state index < -0.39 is 0 Å². The van der Waals surface area contributed by atoms with Crippen LogP contribution in [0.3, 0.4) is 0 Å². The van der Waals surface area contributed by atoms with Gasteiger partial charge in [0.05, 0.1) is 12.1 Å². The van der Waals surface area contributed by atoms with Crippen LogP contribution in [-0.4, -0.2) is 85.4 Å². The summed E-state index contributed by atoms with van der Waals surface area (Å²) in [6.45, 7) is 5.03. The Morgan fingerprint density at radius 2 is 1.62 bits per heavy atom. The summed E-state index contributed by atoms with van der Waals surface area (Å²) in [6.07, 6.45) is 7.36. The number of rotatable bonds is 5. The van der Waals surface area contributed by atoms with E-state index in [4.69, 9.17) is 14.2 Å². The first-order chi connectivity index (χ1) is 14.2. The molecule has 5 rings (SSSR count). The van der Waals surface area contributed by atoms with Crippen molar-refractivity contribution in [1.82, 2.24) is 9.80 Å².